The van der Waals surface area contributed by atoms with Crippen molar-refractivity contribution >= 4 is 12.0 Å². The number of rotatable bonds is 4. The lowest BCUT2D eigenvalue weighted by Gasteiger charge is -2.09. The molecule has 0 atom stereocenters. The fourth-order valence-electron chi connectivity index (χ4n) is 3.13. The molecule has 0 saturated heterocycles. The molecule has 0 unspecified atom stereocenters. The maximum absolute atomic E-state index is 12.7. The van der Waals surface area contributed by atoms with E-state index in [1.165, 1.54) is 0 Å². The highest BCUT2D eigenvalue weighted by molar-refractivity contribution is 6.01. The Labute approximate surface area is 145 Å². The summed E-state index contributed by atoms with van der Waals surface area (Å²) in [5, 5.41) is 13.4. The largest absolute Gasteiger partial charge is 0.497 e. The smallest absolute Gasteiger partial charge is 0.251 e. The quantitative estimate of drug-likeness (QED) is 0.685. The van der Waals surface area contributed by atoms with Gasteiger partial charge >= 0.3 is 0 Å². The van der Waals surface area contributed by atoms with Gasteiger partial charge in [-0.25, -0.2) is 0 Å². The van der Waals surface area contributed by atoms with Crippen LogP contribution in [0.4, 0.5) is 0 Å². The third kappa shape index (κ3) is 2.82. The number of nitrogens with zero attached hydrogens (tertiary/aromatic N) is 1. The molecule has 2 heterocycles. The molecular formula is C19H18N4O2. The molecule has 25 heavy (non-hydrogen) atoms. The molecule has 3 N–H and O–H groups in total. The molecular weight excluding hydrogens is 316 g/mol. The van der Waals surface area contributed by atoms with E-state index in [1.807, 2.05) is 48.8 Å². The zero-order valence-electron chi connectivity index (χ0n) is 13.8. The number of nitrogens with one attached hydrogen (secondary N) is 3. The number of hydrogen-bond acceptors (Lipinski definition) is 4. The van der Waals surface area contributed by atoms with Crippen molar-refractivity contribution < 1.29 is 9.53 Å². The van der Waals surface area contributed by atoms with Crippen LogP contribution in [-0.4, -0.2) is 23.2 Å². The van der Waals surface area contributed by atoms with Crippen LogP contribution in [0.2, 0.25) is 0 Å². The molecule has 2 aliphatic heterocycles. The number of benzene rings is 1. The van der Waals surface area contributed by atoms with Gasteiger partial charge in [0.2, 0.25) is 0 Å². The number of methoxy groups -OCH3 is 1. The van der Waals surface area contributed by atoms with E-state index in [0.717, 1.165) is 33.7 Å². The highest BCUT2D eigenvalue weighted by Gasteiger charge is 2.24. The Bertz CT molecular complexity index is 929. The minimum absolute atomic E-state index is 0.0938. The third-order valence-corrected chi connectivity index (χ3v) is 4.35. The maximum Gasteiger partial charge on any atom is 0.251 e. The van der Waals surface area contributed by atoms with Crippen LogP contribution in [0.25, 0.3) is 17.2 Å². The highest BCUT2D eigenvalue weighted by Crippen LogP contribution is 2.35. The van der Waals surface area contributed by atoms with Gasteiger partial charge in [-0.1, -0.05) is 12.1 Å². The van der Waals surface area contributed by atoms with E-state index in [-0.39, 0.29) is 5.91 Å². The van der Waals surface area contributed by atoms with Crippen LogP contribution in [0.5, 0.6) is 5.75 Å². The Morgan fingerprint density at radius 1 is 1.36 bits per heavy atom. The maximum atomic E-state index is 12.7. The minimum Gasteiger partial charge on any atom is -0.497 e. The number of carbonyl (C=O) groups excluding carboxylic acids is 1. The fourth-order valence-corrected chi connectivity index (χ4v) is 3.13. The topological polar surface area (TPSA) is 79.0 Å². The second-order valence-electron chi connectivity index (χ2n) is 5.89. The van der Waals surface area contributed by atoms with Crippen molar-refractivity contribution in [3.8, 4) is 16.9 Å². The van der Waals surface area contributed by atoms with E-state index in [9.17, 15) is 4.79 Å². The molecule has 1 aliphatic carbocycles. The number of H-pyrrole nitrogens is 1. The first-order chi connectivity index (χ1) is 12.3. The van der Waals surface area contributed by atoms with Gasteiger partial charge in [-0.3, -0.25) is 9.89 Å². The molecule has 0 aromatic heterocycles. The van der Waals surface area contributed by atoms with Gasteiger partial charge < -0.3 is 15.4 Å². The molecule has 3 aliphatic rings. The lowest BCUT2D eigenvalue weighted by molar-refractivity contribution is 0.0950. The molecule has 6 nitrogen and oxygen atoms in total. The standard InChI is InChI=1S/C19H18N4O2/c1-25-14-4-2-3-12(7-14)9-21-19(24)15-8-13-10-22-23-17-5-6-20-11-16(15)18(13)17/h2-8,10,20,22H,9,11H2,1H3,(H,21,24). The number of carbonyl (C=O) groups is 1. The molecule has 6 heteroatoms. The van der Waals surface area contributed by atoms with Crippen LogP contribution in [0.15, 0.2) is 42.7 Å². The predicted molar refractivity (Wildman–Crippen MR) is 95.2 cm³/mol. The second-order valence-corrected chi connectivity index (χ2v) is 5.89. The van der Waals surface area contributed by atoms with Crippen molar-refractivity contribution in [2.75, 3.05) is 7.11 Å². The summed E-state index contributed by atoms with van der Waals surface area (Å²) < 4.78 is 5.22. The van der Waals surface area contributed by atoms with Gasteiger partial charge in [-0.2, -0.15) is 5.10 Å². The molecule has 0 fully saturated rings. The monoisotopic (exact) mass is 334 g/mol. The van der Waals surface area contributed by atoms with Crippen molar-refractivity contribution in [3.63, 3.8) is 0 Å². The summed E-state index contributed by atoms with van der Waals surface area (Å²) in [6.45, 7) is 1.04. The molecule has 0 saturated carbocycles. The Kier molecular flexibility index (Phi) is 3.85. The molecule has 126 valence electrons. The van der Waals surface area contributed by atoms with E-state index >= 15 is 0 Å². The molecule has 4 rings (SSSR count). The summed E-state index contributed by atoms with van der Waals surface area (Å²) in [5.41, 5.74) is 5.48. The number of aromatic amines is 1. The normalized spacial score (nSPS) is 12.5. The summed E-state index contributed by atoms with van der Waals surface area (Å²) in [6, 6.07) is 9.58. The first-order valence-electron chi connectivity index (χ1n) is 8.06. The van der Waals surface area contributed by atoms with E-state index in [1.54, 1.807) is 7.11 Å². The van der Waals surface area contributed by atoms with E-state index in [4.69, 9.17) is 4.74 Å². The zero-order chi connectivity index (χ0) is 17.2. The lowest BCUT2D eigenvalue weighted by atomic mass is 10.1. The van der Waals surface area contributed by atoms with Crippen LogP contribution in [0, 0.1) is 0 Å². The molecule has 0 radical (unpaired) electrons. The molecule has 1 amide bonds. The van der Waals surface area contributed by atoms with Gasteiger partial charge in [0, 0.05) is 36.0 Å². The van der Waals surface area contributed by atoms with Gasteiger partial charge in [0.1, 0.15) is 5.75 Å². The Morgan fingerprint density at radius 3 is 3.16 bits per heavy atom. The van der Waals surface area contributed by atoms with Gasteiger partial charge in [0.15, 0.2) is 0 Å². The number of amides is 1. The van der Waals surface area contributed by atoms with Crippen molar-refractivity contribution in [2.45, 2.75) is 13.1 Å². The second kappa shape index (κ2) is 6.32. The first-order valence-corrected chi connectivity index (χ1v) is 8.06. The summed E-state index contributed by atoms with van der Waals surface area (Å²) in [5.74, 6) is 0.683. The van der Waals surface area contributed by atoms with Crippen LogP contribution in [-0.2, 0) is 13.1 Å². The Hall–Kier alpha value is -3.28. The van der Waals surface area contributed by atoms with E-state index in [2.05, 4.69) is 20.8 Å². The average molecular weight is 334 g/mol. The SMILES string of the molecule is COc1cccc(CNC(=O)c2cc3c[nH]nc4c-3c2CNC=C4)c1. The van der Waals surface area contributed by atoms with Gasteiger partial charge in [-0.15, -0.1) is 0 Å². The van der Waals surface area contributed by atoms with Gasteiger partial charge in [0.05, 0.1) is 12.8 Å². The average Bonchev–Trinajstić information content (AvgIpc) is 2.88. The van der Waals surface area contributed by atoms with Crippen LogP contribution in [0.1, 0.15) is 27.2 Å². The van der Waals surface area contributed by atoms with Crippen molar-refractivity contribution in [1.29, 1.82) is 0 Å². The van der Waals surface area contributed by atoms with E-state index in [0.29, 0.717) is 18.7 Å². The summed E-state index contributed by atoms with van der Waals surface area (Å²) in [4.78, 5) is 12.7. The van der Waals surface area contributed by atoms with Crippen molar-refractivity contribution in [1.82, 2.24) is 20.8 Å². The zero-order valence-corrected chi connectivity index (χ0v) is 13.8. The molecule has 1 aromatic rings. The van der Waals surface area contributed by atoms with Gasteiger partial charge in [0.25, 0.3) is 5.91 Å². The summed E-state index contributed by atoms with van der Waals surface area (Å²) in [7, 11) is 1.63. The fraction of sp³-hybridized carbons (Fsp3) is 0.158. The van der Waals surface area contributed by atoms with Gasteiger partial charge in [-0.05, 0) is 41.6 Å². The summed E-state index contributed by atoms with van der Waals surface area (Å²) in [6.07, 6.45) is 5.58. The van der Waals surface area contributed by atoms with Crippen molar-refractivity contribution in [2.24, 2.45) is 0 Å². The first kappa shape index (κ1) is 15.3. The molecule has 1 aromatic carbocycles. The van der Waals surface area contributed by atoms with Crippen LogP contribution >= 0.6 is 0 Å². The molecule has 0 bridgehead atoms. The predicted octanol–water partition coefficient (Wildman–Crippen LogP) is 2.53. The minimum atomic E-state index is -0.0938. The Balaban J connectivity index is 1.60. The highest BCUT2D eigenvalue weighted by atomic mass is 16.5. The summed E-state index contributed by atoms with van der Waals surface area (Å²) >= 11 is 0. The molecule has 0 spiro atoms. The van der Waals surface area contributed by atoms with Crippen LogP contribution < -0.4 is 15.4 Å². The van der Waals surface area contributed by atoms with Crippen LogP contribution in [0.3, 0.4) is 0 Å². The van der Waals surface area contributed by atoms with E-state index < -0.39 is 0 Å². The number of hydrogen-bond donors (Lipinski definition) is 3. The lowest BCUT2D eigenvalue weighted by Crippen LogP contribution is -2.24. The number of ether oxygens (including phenoxy) is 1. The third-order valence-electron chi connectivity index (χ3n) is 4.35. The number of aromatic nitrogens is 2. The Morgan fingerprint density at radius 2 is 2.28 bits per heavy atom. The van der Waals surface area contributed by atoms with Crippen molar-refractivity contribution in [3.05, 3.63) is 65.1 Å².